The summed E-state index contributed by atoms with van der Waals surface area (Å²) in [6, 6.07) is 17.3. The van der Waals surface area contributed by atoms with Crippen LogP contribution in [0.2, 0.25) is 0 Å². The number of rotatable bonds is 6. The number of carbonyl (C=O) groups excluding carboxylic acids is 1. The molecule has 1 aliphatic heterocycles. The van der Waals surface area contributed by atoms with Gasteiger partial charge in [-0.3, -0.25) is 4.79 Å². The Labute approximate surface area is 184 Å². The van der Waals surface area contributed by atoms with Crippen LogP contribution in [0.25, 0.3) is 10.9 Å². The van der Waals surface area contributed by atoms with Crippen LogP contribution < -0.4 is 0 Å². The number of ether oxygens (including phenoxy) is 1. The number of benzene rings is 2. The van der Waals surface area contributed by atoms with E-state index in [-0.39, 0.29) is 11.8 Å². The molecule has 1 aliphatic rings. The maximum absolute atomic E-state index is 11.9. The topological polar surface area (TPSA) is 34.5 Å². The Hall–Kier alpha value is -2.66. The van der Waals surface area contributed by atoms with Crippen molar-refractivity contribution in [2.75, 3.05) is 26.2 Å². The summed E-state index contributed by atoms with van der Waals surface area (Å²) in [5, 5.41) is 1.29. The lowest BCUT2D eigenvalue weighted by molar-refractivity contribution is -0.143. The molecule has 31 heavy (non-hydrogen) atoms. The van der Waals surface area contributed by atoms with Crippen molar-refractivity contribution >= 4 is 16.9 Å². The number of esters is 1. The second-order valence-electron chi connectivity index (χ2n) is 7.88. The van der Waals surface area contributed by atoms with Crippen LogP contribution in [-0.4, -0.2) is 41.7 Å². The van der Waals surface area contributed by atoms with Gasteiger partial charge in [0.2, 0.25) is 0 Å². The van der Waals surface area contributed by atoms with Gasteiger partial charge in [-0.15, -0.1) is 0 Å². The molecule has 4 nitrogen and oxygen atoms in total. The van der Waals surface area contributed by atoms with Crippen LogP contribution in [0.15, 0.2) is 60.8 Å². The maximum atomic E-state index is 11.9. The van der Waals surface area contributed by atoms with Crippen molar-refractivity contribution in [3.63, 3.8) is 0 Å². The number of aromatic nitrogens is 1. The average Bonchev–Trinajstić information content (AvgIpc) is 3.22. The summed E-state index contributed by atoms with van der Waals surface area (Å²) in [5.74, 6) is -0.289. The Balaban J connectivity index is 0.000000330. The van der Waals surface area contributed by atoms with Gasteiger partial charge in [0.15, 0.2) is 0 Å². The number of aryl methyl sites for hydroxylation is 1. The highest BCUT2D eigenvalue weighted by atomic mass is 19.1. The summed E-state index contributed by atoms with van der Waals surface area (Å²) in [4.78, 5) is 14.1. The van der Waals surface area contributed by atoms with Gasteiger partial charge in [0.25, 0.3) is 0 Å². The van der Waals surface area contributed by atoms with E-state index in [1.807, 2.05) is 6.92 Å². The highest BCUT2D eigenvalue weighted by Crippen LogP contribution is 2.28. The molecule has 0 atom stereocenters. The van der Waals surface area contributed by atoms with Crippen molar-refractivity contribution < 1.29 is 13.9 Å². The fourth-order valence-corrected chi connectivity index (χ4v) is 4.08. The number of hydrogen-bond acceptors (Lipinski definition) is 3. The van der Waals surface area contributed by atoms with Crippen molar-refractivity contribution in [2.24, 2.45) is 0 Å². The normalized spacial score (nSPS) is 14.8. The molecule has 0 amide bonds. The standard InChI is InChI=1S/C20H28N2O2.C6H5F/c1-3-21-12-10-18(11-13-21)22-14-9-17-7-5-16(15-19(17)22)6-8-20(23)24-4-2;7-6-4-2-1-3-5-6/h5,7,9,14-15,18H,3-4,6,8,10-13H2,1-2H3;1-5H. The van der Waals surface area contributed by atoms with Gasteiger partial charge in [0.05, 0.1) is 6.61 Å². The third-order valence-corrected chi connectivity index (χ3v) is 5.84. The van der Waals surface area contributed by atoms with Gasteiger partial charge in [0, 0.05) is 37.3 Å². The first kappa shape index (κ1) is 23.0. The zero-order valence-corrected chi connectivity index (χ0v) is 18.6. The molecule has 3 aromatic rings. The molecule has 0 radical (unpaired) electrons. The van der Waals surface area contributed by atoms with Crippen LogP contribution in [0.5, 0.6) is 0 Å². The molecule has 1 fully saturated rings. The molecule has 166 valence electrons. The minimum atomic E-state index is -0.178. The third-order valence-electron chi connectivity index (χ3n) is 5.84. The fraction of sp³-hybridized carbons (Fsp3) is 0.423. The van der Waals surface area contributed by atoms with Gasteiger partial charge < -0.3 is 14.2 Å². The molecule has 4 rings (SSSR count). The van der Waals surface area contributed by atoms with Crippen LogP contribution in [0, 0.1) is 5.82 Å². The number of halogens is 1. The lowest BCUT2D eigenvalue weighted by Gasteiger charge is -2.32. The molecule has 0 N–H and O–H groups in total. The lowest BCUT2D eigenvalue weighted by atomic mass is 10.0. The minimum absolute atomic E-state index is 0.111. The van der Waals surface area contributed by atoms with E-state index in [0.717, 1.165) is 13.0 Å². The predicted octanol–water partition coefficient (Wildman–Crippen LogP) is 5.62. The van der Waals surface area contributed by atoms with E-state index in [1.165, 1.54) is 54.5 Å². The fourth-order valence-electron chi connectivity index (χ4n) is 4.08. The van der Waals surface area contributed by atoms with Gasteiger partial charge >= 0.3 is 5.97 Å². The zero-order chi connectivity index (χ0) is 22.1. The van der Waals surface area contributed by atoms with Gasteiger partial charge in [-0.2, -0.15) is 0 Å². The first-order valence-corrected chi connectivity index (χ1v) is 11.3. The first-order chi connectivity index (χ1) is 15.1. The summed E-state index contributed by atoms with van der Waals surface area (Å²) in [6.45, 7) is 8.06. The SMILES string of the molecule is CCOC(=O)CCc1ccc2ccn(C3CCN(CC)CC3)c2c1.Fc1ccccc1. The molecule has 0 unspecified atom stereocenters. The van der Waals surface area contributed by atoms with Gasteiger partial charge in [-0.1, -0.05) is 37.3 Å². The Morgan fingerprint density at radius 3 is 2.42 bits per heavy atom. The molecule has 1 aromatic heterocycles. The van der Waals surface area contributed by atoms with Crippen molar-refractivity contribution in [3.8, 4) is 0 Å². The Morgan fingerprint density at radius 2 is 1.81 bits per heavy atom. The Bertz CT molecular complexity index is 946. The largest absolute Gasteiger partial charge is 0.466 e. The van der Waals surface area contributed by atoms with E-state index in [0.29, 0.717) is 19.1 Å². The maximum Gasteiger partial charge on any atom is 0.306 e. The summed E-state index contributed by atoms with van der Waals surface area (Å²) in [7, 11) is 0. The highest BCUT2D eigenvalue weighted by Gasteiger charge is 2.20. The molecular formula is C26H33FN2O2. The minimum Gasteiger partial charge on any atom is -0.466 e. The number of likely N-dealkylation sites (tertiary alicyclic amines) is 1. The summed E-state index contributed by atoms with van der Waals surface area (Å²) < 4.78 is 19.4. The summed E-state index contributed by atoms with van der Waals surface area (Å²) in [6.07, 6.45) is 5.85. The summed E-state index contributed by atoms with van der Waals surface area (Å²) >= 11 is 0. The number of hydrogen-bond donors (Lipinski definition) is 0. The monoisotopic (exact) mass is 424 g/mol. The smallest absolute Gasteiger partial charge is 0.306 e. The molecule has 5 heteroatoms. The number of carbonyl (C=O) groups is 1. The molecule has 0 spiro atoms. The average molecular weight is 425 g/mol. The molecule has 0 saturated carbocycles. The van der Waals surface area contributed by atoms with Gasteiger partial charge in [0.1, 0.15) is 5.82 Å². The van der Waals surface area contributed by atoms with E-state index in [1.54, 1.807) is 18.2 Å². The molecule has 0 bridgehead atoms. The van der Waals surface area contributed by atoms with Gasteiger partial charge in [-0.05, 0) is 67.9 Å². The van der Waals surface area contributed by atoms with E-state index in [9.17, 15) is 9.18 Å². The number of piperidine rings is 1. The highest BCUT2D eigenvalue weighted by molar-refractivity contribution is 5.81. The second kappa shape index (κ2) is 11.7. The molecule has 2 heterocycles. The predicted molar refractivity (Wildman–Crippen MR) is 124 cm³/mol. The molecular weight excluding hydrogens is 391 g/mol. The van der Waals surface area contributed by atoms with E-state index in [2.05, 4.69) is 46.9 Å². The molecule has 2 aromatic carbocycles. The quantitative estimate of drug-likeness (QED) is 0.482. The van der Waals surface area contributed by atoms with Crippen molar-refractivity contribution in [1.29, 1.82) is 0 Å². The molecule has 0 aliphatic carbocycles. The van der Waals surface area contributed by atoms with Crippen LogP contribution in [0.4, 0.5) is 4.39 Å². The van der Waals surface area contributed by atoms with E-state index < -0.39 is 0 Å². The third kappa shape index (κ3) is 6.66. The van der Waals surface area contributed by atoms with Crippen molar-refractivity contribution in [1.82, 2.24) is 9.47 Å². The Morgan fingerprint density at radius 1 is 1.06 bits per heavy atom. The van der Waals surface area contributed by atoms with Crippen LogP contribution in [-0.2, 0) is 16.0 Å². The van der Waals surface area contributed by atoms with E-state index in [4.69, 9.17) is 4.74 Å². The number of fused-ring (bicyclic) bond motifs is 1. The summed E-state index contributed by atoms with van der Waals surface area (Å²) in [5.41, 5.74) is 2.51. The first-order valence-electron chi connectivity index (χ1n) is 11.3. The second-order valence-corrected chi connectivity index (χ2v) is 7.88. The molecule has 1 saturated heterocycles. The lowest BCUT2D eigenvalue weighted by Crippen LogP contribution is -2.34. The van der Waals surface area contributed by atoms with Crippen LogP contribution in [0.3, 0.4) is 0 Å². The zero-order valence-electron chi connectivity index (χ0n) is 18.6. The van der Waals surface area contributed by atoms with Crippen LogP contribution in [0.1, 0.15) is 44.7 Å². The van der Waals surface area contributed by atoms with E-state index >= 15 is 0 Å². The van der Waals surface area contributed by atoms with Gasteiger partial charge in [-0.25, -0.2) is 4.39 Å². The van der Waals surface area contributed by atoms with Crippen molar-refractivity contribution in [3.05, 3.63) is 72.2 Å². The van der Waals surface area contributed by atoms with Crippen molar-refractivity contribution in [2.45, 2.75) is 45.6 Å². The number of nitrogens with zero attached hydrogens (tertiary/aromatic N) is 2. The Kier molecular flexibility index (Phi) is 8.65. The van der Waals surface area contributed by atoms with Crippen LogP contribution >= 0.6 is 0 Å².